The third-order valence-corrected chi connectivity index (χ3v) is 4.22. The fraction of sp³-hybridized carbons (Fsp3) is 0.300. The number of benzene rings is 1. The monoisotopic (exact) mass is 365 g/mol. The summed E-state index contributed by atoms with van der Waals surface area (Å²) >= 11 is 0. The first-order valence-electron chi connectivity index (χ1n) is 8.91. The van der Waals surface area contributed by atoms with Crippen molar-refractivity contribution in [3.63, 3.8) is 0 Å². The molecule has 1 atom stereocenters. The van der Waals surface area contributed by atoms with Crippen LogP contribution in [0.4, 0.5) is 0 Å². The Balaban J connectivity index is 2.10. The molecule has 0 radical (unpaired) electrons. The van der Waals surface area contributed by atoms with Crippen molar-refractivity contribution in [2.75, 3.05) is 6.61 Å². The third-order valence-electron chi connectivity index (χ3n) is 4.22. The van der Waals surface area contributed by atoms with Gasteiger partial charge in [0.25, 0.3) is 5.91 Å². The minimum absolute atomic E-state index is 0.124. The van der Waals surface area contributed by atoms with Crippen LogP contribution in [0, 0.1) is 6.92 Å². The predicted octanol–water partition coefficient (Wildman–Crippen LogP) is 2.31. The number of hydrogen-bond acceptors (Lipinski definition) is 5. The van der Waals surface area contributed by atoms with Gasteiger partial charge in [-0.2, -0.15) is 5.10 Å². The number of carbonyl (C=O) groups excluding carboxylic acids is 1. The summed E-state index contributed by atoms with van der Waals surface area (Å²) in [5.74, 6) is 0.545. The molecule has 0 saturated heterocycles. The second-order valence-electron chi connectivity index (χ2n) is 6.49. The number of nitrogens with zero attached hydrogens (tertiary/aromatic N) is 4. The number of nitrogens with one attached hydrogen (secondary N) is 1. The largest absolute Gasteiger partial charge is 0.394 e. The van der Waals surface area contributed by atoms with Crippen molar-refractivity contribution in [2.24, 2.45) is 0 Å². The normalized spacial score (nSPS) is 12.0. The molecule has 0 bridgehead atoms. The van der Waals surface area contributed by atoms with Crippen molar-refractivity contribution >= 4 is 5.91 Å². The van der Waals surface area contributed by atoms with E-state index < -0.39 is 0 Å². The van der Waals surface area contributed by atoms with E-state index in [1.54, 1.807) is 29.9 Å². The Morgan fingerprint density at radius 1 is 1.26 bits per heavy atom. The molecule has 0 aliphatic carbocycles. The molecule has 2 aromatic heterocycles. The molecule has 3 rings (SSSR count). The van der Waals surface area contributed by atoms with E-state index in [-0.39, 0.29) is 18.6 Å². The first-order valence-corrected chi connectivity index (χ1v) is 8.91. The van der Waals surface area contributed by atoms with Gasteiger partial charge in [0.1, 0.15) is 12.2 Å². The van der Waals surface area contributed by atoms with Crippen molar-refractivity contribution in [3.05, 3.63) is 59.8 Å². The Morgan fingerprint density at radius 3 is 2.74 bits per heavy atom. The Labute approximate surface area is 158 Å². The van der Waals surface area contributed by atoms with Gasteiger partial charge in [-0.25, -0.2) is 9.67 Å². The molecule has 27 heavy (non-hydrogen) atoms. The third kappa shape index (κ3) is 4.20. The van der Waals surface area contributed by atoms with Gasteiger partial charge in [0.15, 0.2) is 0 Å². The van der Waals surface area contributed by atoms with E-state index in [0.717, 1.165) is 34.8 Å². The van der Waals surface area contributed by atoms with Crippen LogP contribution in [0.15, 0.2) is 42.9 Å². The zero-order valence-corrected chi connectivity index (χ0v) is 15.7. The Morgan fingerprint density at radius 2 is 2.07 bits per heavy atom. The minimum atomic E-state index is -0.334. The molecular formula is C20H23N5O2. The average Bonchev–Trinajstić information content (AvgIpc) is 3.17. The highest BCUT2D eigenvalue weighted by molar-refractivity contribution is 5.96. The lowest BCUT2D eigenvalue weighted by Gasteiger charge is -2.14. The van der Waals surface area contributed by atoms with E-state index in [9.17, 15) is 9.90 Å². The average molecular weight is 365 g/mol. The quantitative estimate of drug-likeness (QED) is 0.699. The Hall–Kier alpha value is -3.06. The van der Waals surface area contributed by atoms with Crippen LogP contribution < -0.4 is 5.32 Å². The maximum Gasteiger partial charge on any atom is 0.251 e. The van der Waals surface area contributed by atoms with Crippen LogP contribution in [0.5, 0.6) is 0 Å². The van der Waals surface area contributed by atoms with Gasteiger partial charge in [0.05, 0.1) is 18.0 Å². The summed E-state index contributed by atoms with van der Waals surface area (Å²) in [5, 5.41) is 16.3. The summed E-state index contributed by atoms with van der Waals surface area (Å²) in [6.45, 7) is 5.60. The molecule has 0 aliphatic heterocycles. The van der Waals surface area contributed by atoms with Gasteiger partial charge in [0.2, 0.25) is 0 Å². The van der Waals surface area contributed by atoms with E-state index in [2.05, 4.69) is 20.4 Å². The molecule has 0 saturated carbocycles. The highest BCUT2D eigenvalue weighted by atomic mass is 16.3. The molecule has 0 unspecified atom stereocenters. The second kappa shape index (κ2) is 8.09. The zero-order chi connectivity index (χ0) is 19.4. The first-order chi connectivity index (χ1) is 13.0. The molecule has 1 amide bonds. The molecule has 2 N–H and O–H groups in total. The lowest BCUT2D eigenvalue weighted by atomic mass is 10.0. The number of rotatable bonds is 6. The van der Waals surface area contributed by atoms with Gasteiger partial charge >= 0.3 is 0 Å². The van der Waals surface area contributed by atoms with Gasteiger partial charge in [-0.1, -0.05) is 13.0 Å². The van der Waals surface area contributed by atoms with E-state index in [1.165, 1.54) is 6.33 Å². The van der Waals surface area contributed by atoms with Crippen molar-refractivity contribution in [1.82, 2.24) is 25.1 Å². The summed E-state index contributed by atoms with van der Waals surface area (Å²) in [6, 6.07) is 9.08. The van der Waals surface area contributed by atoms with Crippen LogP contribution in [-0.2, 0) is 6.42 Å². The maximum atomic E-state index is 12.6. The summed E-state index contributed by atoms with van der Waals surface area (Å²) in [5.41, 5.74) is 3.86. The molecule has 7 nitrogen and oxygen atoms in total. The highest BCUT2D eigenvalue weighted by Gasteiger charge is 2.15. The van der Waals surface area contributed by atoms with Crippen LogP contribution >= 0.6 is 0 Å². The second-order valence-corrected chi connectivity index (χ2v) is 6.49. The first kappa shape index (κ1) is 18.7. The van der Waals surface area contributed by atoms with Gasteiger partial charge in [-0.15, -0.1) is 0 Å². The molecule has 1 aromatic carbocycles. The van der Waals surface area contributed by atoms with E-state index in [0.29, 0.717) is 5.56 Å². The summed E-state index contributed by atoms with van der Waals surface area (Å²) in [4.78, 5) is 21.4. The fourth-order valence-corrected chi connectivity index (χ4v) is 2.73. The lowest BCUT2D eigenvalue weighted by molar-refractivity contribution is 0.0922. The van der Waals surface area contributed by atoms with Crippen molar-refractivity contribution in [2.45, 2.75) is 33.2 Å². The van der Waals surface area contributed by atoms with Crippen molar-refractivity contribution in [3.8, 4) is 16.9 Å². The van der Waals surface area contributed by atoms with Crippen molar-refractivity contribution < 1.29 is 9.90 Å². The SMILES string of the molecule is CCc1ncnn1-c1cc(C(=O)N[C@@H](C)CO)cc(-c2ccc(C)cn2)c1. The maximum absolute atomic E-state index is 12.6. The summed E-state index contributed by atoms with van der Waals surface area (Å²) in [6.07, 6.45) is 4.02. The molecule has 0 fully saturated rings. The molecule has 7 heteroatoms. The summed E-state index contributed by atoms with van der Waals surface area (Å²) in [7, 11) is 0. The zero-order valence-electron chi connectivity index (χ0n) is 15.7. The number of hydrogen-bond donors (Lipinski definition) is 2. The Kier molecular flexibility index (Phi) is 5.61. The van der Waals surface area contributed by atoms with Gasteiger partial charge < -0.3 is 10.4 Å². The Bertz CT molecular complexity index is 934. The number of pyridine rings is 1. The smallest absolute Gasteiger partial charge is 0.251 e. The number of aliphatic hydroxyl groups excluding tert-OH is 1. The summed E-state index contributed by atoms with van der Waals surface area (Å²) < 4.78 is 1.73. The molecule has 2 heterocycles. The lowest BCUT2D eigenvalue weighted by Crippen LogP contribution is -2.35. The van der Waals surface area contributed by atoms with Gasteiger partial charge in [-0.3, -0.25) is 9.78 Å². The molecule has 140 valence electrons. The number of aliphatic hydroxyl groups is 1. The van der Waals surface area contributed by atoms with E-state index in [4.69, 9.17) is 0 Å². The van der Waals surface area contributed by atoms with Crippen LogP contribution in [0.2, 0.25) is 0 Å². The van der Waals surface area contributed by atoms with Crippen LogP contribution in [-0.4, -0.2) is 43.4 Å². The fourth-order valence-electron chi connectivity index (χ4n) is 2.73. The number of aryl methyl sites for hydroxylation is 2. The van der Waals surface area contributed by atoms with Crippen molar-refractivity contribution in [1.29, 1.82) is 0 Å². The molecule has 0 spiro atoms. The minimum Gasteiger partial charge on any atom is -0.394 e. The van der Waals surface area contributed by atoms with E-state index in [1.807, 2.05) is 32.0 Å². The van der Waals surface area contributed by atoms with Crippen LogP contribution in [0.3, 0.4) is 0 Å². The van der Waals surface area contributed by atoms with Crippen LogP contribution in [0.25, 0.3) is 16.9 Å². The number of aromatic nitrogens is 4. The number of amides is 1. The van der Waals surface area contributed by atoms with Gasteiger partial charge in [0, 0.05) is 29.8 Å². The van der Waals surface area contributed by atoms with Crippen LogP contribution in [0.1, 0.15) is 35.6 Å². The van der Waals surface area contributed by atoms with Gasteiger partial charge in [-0.05, 0) is 43.7 Å². The molecule has 3 aromatic rings. The van der Waals surface area contributed by atoms with E-state index >= 15 is 0 Å². The standard InChI is InChI=1S/C20H23N5O2/c1-4-19-22-12-23-25(19)17-8-15(18-6-5-13(2)10-21-18)7-16(9-17)20(27)24-14(3)11-26/h5-10,12,14,26H,4,11H2,1-3H3,(H,24,27)/t14-/m0/s1. The predicted molar refractivity (Wildman–Crippen MR) is 103 cm³/mol. The molecule has 0 aliphatic rings. The molecular weight excluding hydrogens is 342 g/mol. The highest BCUT2D eigenvalue weighted by Crippen LogP contribution is 2.23. The topological polar surface area (TPSA) is 92.9 Å². The number of carbonyl (C=O) groups is 1.